The number of carbonyl (C=O) groups is 1. The Labute approximate surface area is 113 Å². The predicted molar refractivity (Wildman–Crippen MR) is 71.8 cm³/mol. The Morgan fingerprint density at radius 1 is 1.32 bits per heavy atom. The largest absolute Gasteiger partial charge is 0.449 e. The standard InChI is InChI=1S/C14H21N3O2/c18-14-17(7-2-10-19-14)13-4-8-16(9-5-13)11-12-3-1-6-15-12/h1,3,6,13,15H,2,4-5,7-11H2. The molecule has 3 heterocycles. The summed E-state index contributed by atoms with van der Waals surface area (Å²) in [7, 11) is 0. The first-order chi connectivity index (χ1) is 9.33. The quantitative estimate of drug-likeness (QED) is 0.905. The number of piperidine rings is 1. The number of amides is 1. The molecule has 0 unspecified atom stereocenters. The summed E-state index contributed by atoms with van der Waals surface area (Å²) in [6, 6.07) is 4.52. The van der Waals surface area contributed by atoms with Crippen molar-refractivity contribution in [1.82, 2.24) is 14.8 Å². The van der Waals surface area contributed by atoms with Crippen molar-refractivity contribution in [3.05, 3.63) is 24.0 Å². The van der Waals surface area contributed by atoms with E-state index < -0.39 is 0 Å². The van der Waals surface area contributed by atoms with Gasteiger partial charge in [-0.05, 0) is 31.4 Å². The average Bonchev–Trinajstić information content (AvgIpc) is 2.93. The maximum atomic E-state index is 11.7. The second kappa shape index (κ2) is 5.65. The van der Waals surface area contributed by atoms with Crippen LogP contribution in [0.1, 0.15) is 25.0 Å². The van der Waals surface area contributed by atoms with Crippen molar-refractivity contribution in [3.63, 3.8) is 0 Å². The number of aromatic nitrogens is 1. The summed E-state index contributed by atoms with van der Waals surface area (Å²) >= 11 is 0. The van der Waals surface area contributed by atoms with Crippen molar-refractivity contribution in [2.45, 2.75) is 31.8 Å². The van der Waals surface area contributed by atoms with Crippen LogP contribution in [0.25, 0.3) is 0 Å². The highest BCUT2D eigenvalue weighted by Gasteiger charge is 2.30. The van der Waals surface area contributed by atoms with Crippen molar-refractivity contribution in [3.8, 4) is 0 Å². The molecule has 3 rings (SSSR count). The smallest absolute Gasteiger partial charge is 0.410 e. The van der Waals surface area contributed by atoms with Crippen LogP contribution in [0.3, 0.4) is 0 Å². The Morgan fingerprint density at radius 3 is 2.84 bits per heavy atom. The molecule has 0 aliphatic carbocycles. The predicted octanol–water partition coefficient (Wildman–Crippen LogP) is 1.82. The van der Waals surface area contributed by atoms with Crippen LogP contribution in [0, 0.1) is 0 Å². The third-order valence-electron chi connectivity index (χ3n) is 4.06. The van der Waals surface area contributed by atoms with E-state index in [9.17, 15) is 4.79 Å². The van der Waals surface area contributed by atoms with E-state index in [1.807, 2.05) is 17.2 Å². The molecule has 0 atom stereocenters. The molecule has 2 fully saturated rings. The minimum absolute atomic E-state index is 0.117. The maximum Gasteiger partial charge on any atom is 0.410 e. The van der Waals surface area contributed by atoms with Crippen LogP contribution in [0.5, 0.6) is 0 Å². The minimum atomic E-state index is -0.117. The molecular weight excluding hydrogens is 242 g/mol. The Kier molecular flexibility index (Phi) is 3.73. The van der Waals surface area contributed by atoms with Gasteiger partial charge < -0.3 is 14.6 Å². The highest BCUT2D eigenvalue weighted by Crippen LogP contribution is 2.20. The van der Waals surface area contributed by atoms with E-state index in [4.69, 9.17) is 4.74 Å². The number of cyclic esters (lactones) is 1. The molecule has 2 saturated heterocycles. The van der Waals surface area contributed by atoms with Gasteiger partial charge >= 0.3 is 6.09 Å². The van der Waals surface area contributed by atoms with Crippen LogP contribution in [0.15, 0.2) is 18.3 Å². The van der Waals surface area contributed by atoms with Gasteiger partial charge in [-0.2, -0.15) is 0 Å². The summed E-state index contributed by atoms with van der Waals surface area (Å²) in [5, 5.41) is 0. The van der Waals surface area contributed by atoms with Crippen molar-refractivity contribution >= 4 is 6.09 Å². The van der Waals surface area contributed by atoms with E-state index in [0.29, 0.717) is 12.6 Å². The number of nitrogens with one attached hydrogen (secondary N) is 1. The minimum Gasteiger partial charge on any atom is -0.449 e. The number of ether oxygens (including phenoxy) is 1. The summed E-state index contributed by atoms with van der Waals surface area (Å²) in [5.74, 6) is 0. The number of H-pyrrole nitrogens is 1. The van der Waals surface area contributed by atoms with Gasteiger partial charge in [0.2, 0.25) is 0 Å². The molecule has 1 aromatic rings. The average molecular weight is 263 g/mol. The van der Waals surface area contributed by atoms with Gasteiger partial charge in [-0.15, -0.1) is 0 Å². The fourth-order valence-corrected chi connectivity index (χ4v) is 3.00. The van der Waals surface area contributed by atoms with Gasteiger partial charge in [0.15, 0.2) is 0 Å². The molecule has 5 heteroatoms. The summed E-state index contributed by atoms with van der Waals surface area (Å²) in [5.41, 5.74) is 1.26. The van der Waals surface area contributed by atoms with E-state index >= 15 is 0 Å². The Hall–Kier alpha value is -1.49. The molecule has 5 nitrogen and oxygen atoms in total. The second-order valence-corrected chi connectivity index (χ2v) is 5.36. The zero-order valence-corrected chi connectivity index (χ0v) is 11.2. The van der Waals surface area contributed by atoms with Crippen LogP contribution in [0.2, 0.25) is 0 Å². The number of likely N-dealkylation sites (tertiary alicyclic amines) is 1. The summed E-state index contributed by atoms with van der Waals surface area (Å²) < 4.78 is 5.12. The van der Waals surface area contributed by atoms with Gasteiger partial charge in [0.05, 0.1) is 6.61 Å². The van der Waals surface area contributed by atoms with Gasteiger partial charge in [0.1, 0.15) is 0 Å². The molecule has 1 aromatic heterocycles. The highest BCUT2D eigenvalue weighted by atomic mass is 16.6. The molecule has 0 saturated carbocycles. The maximum absolute atomic E-state index is 11.7. The van der Waals surface area contributed by atoms with Crippen LogP contribution < -0.4 is 0 Å². The number of nitrogens with zero attached hydrogens (tertiary/aromatic N) is 2. The molecule has 0 radical (unpaired) electrons. The van der Waals surface area contributed by atoms with Gasteiger partial charge in [-0.1, -0.05) is 0 Å². The van der Waals surface area contributed by atoms with Crippen molar-refractivity contribution in [1.29, 1.82) is 0 Å². The lowest BCUT2D eigenvalue weighted by Gasteiger charge is -2.39. The first-order valence-electron chi connectivity index (χ1n) is 7.11. The lowest BCUT2D eigenvalue weighted by atomic mass is 10.0. The SMILES string of the molecule is O=C1OCCCN1C1CCN(Cc2ccc[nH]2)CC1. The highest BCUT2D eigenvalue weighted by molar-refractivity contribution is 5.68. The number of hydrogen-bond acceptors (Lipinski definition) is 3. The molecule has 19 heavy (non-hydrogen) atoms. The van der Waals surface area contributed by atoms with Gasteiger partial charge in [-0.3, -0.25) is 4.90 Å². The molecule has 104 valence electrons. The van der Waals surface area contributed by atoms with E-state index in [1.54, 1.807) is 0 Å². The van der Waals surface area contributed by atoms with Gasteiger partial charge in [0.25, 0.3) is 0 Å². The molecule has 2 aliphatic rings. The zero-order chi connectivity index (χ0) is 13.1. The first kappa shape index (κ1) is 12.5. The molecular formula is C14H21N3O2. The fourth-order valence-electron chi connectivity index (χ4n) is 3.00. The topological polar surface area (TPSA) is 48.6 Å². The second-order valence-electron chi connectivity index (χ2n) is 5.36. The van der Waals surface area contributed by atoms with Crippen molar-refractivity contribution < 1.29 is 9.53 Å². The lowest BCUT2D eigenvalue weighted by Crippen LogP contribution is -2.49. The molecule has 0 aromatic carbocycles. The van der Waals surface area contributed by atoms with Gasteiger partial charge in [-0.25, -0.2) is 4.79 Å². The normalized spacial score (nSPS) is 22.5. The van der Waals surface area contributed by atoms with E-state index in [1.165, 1.54) is 5.69 Å². The lowest BCUT2D eigenvalue weighted by molar-refractivity contribution is 0.0367. The van der Waals surface area contributed by atoms with E-state index in [-0.39, 0.29) is 6.09 Å². The van der Waals surface area contributed by atoms with E-state index in [2.05, 4.69) is 16.0 Å². The molecule has 1 N–H and O–H groups in total. The Bertz CT molecular complexity index is 410. The van der Waals surface area contributed by atoms with Crippen LogP contribution in [0.4, 0.5) is 4.79 Å². The zero-order valence-electron chi connectivity index (χ0n) is 11.2. The number of rotatable bonds is 3. The molecule has 0 spiro atoms. The molecule has 1 amide bonds. The Morgan fingerprint density at radius 2 is 2.16 bits per heavy atom. The van der Waals surface area contributed by atoms with Crippen LogP contribution in [-0.4, -0.2) is 53.2 Å². The Balaban J connectivity index is 1.50. The van der Waals surface area contributed by atoms with Crippen molar-refractivity contribution in [2.24, 2.45) is 0 Å². The number of aromatic amines is 1. The van der Waals surface area contributed by atoms with Crippen molar-refractivity contribution in [2.75, 3.05) is 26.2 Å². The summed E-state index contributed by atoms with van der Waals surface area (Å²) in [6.45, 7) is 4.52. The summed E-state index contributed by atoms with van der Waals surface area (Å²) in [4.78, 5) is 19.3. The molecule has 0 bridgehead atoms. The third kappa shape index (κ3) is 2.92. The number of hydrogen-bond donors (Lipinski definition) is 1. The fraction of sp³-hybridized carbons (Fsp3) is 0.643. The van der Waals surface area contributed by atoms with Crippen LogP contribution in [-0.2, 0) is 11.3 Å². The summed E-state index contributed by atoms with van der Waals surface area (Å²) in [6.07, 6.45) is 4.92. The van der Waals surface area contributed by atoms with E-state index in [0.717, 1.165) is 45.4 Å². The first-order valence-corrected chi connectivity index (χ1v) is 7.11. The molecule has 2 aliphatic heterocycles. The third-order valence-corrected chi connectivity index (χ3v) is 4.06. The number of carbonyl (C=O) groups excluding carboxylic acids is 1. The van der Waals surface area contributed by atoms with Crippen LogP contribution >= 0.6 is 0 Å². The van der Waals surface area contributed by atoms with Gasteiger partial charge in [0, 0.05) is 44.1 Å². The monoisotopic (exact) mass is 263 g/mol.